The number of sulfone groups is 1. The summed E-state index contributed by atoms with van der Waals surface area (Å²) in [5.41, 5.74) is 0.845. The molecule has 0 aromatic heterocycles. The number of hydrogen-bond acceptors (Lipinski definition) is 3. The molecule has 1 aromatic carbocycles. The molecule has 0 saturated heterocycles. The van der Waals surface area contributed by atoms with E-state index in [2.05, 4.69) is 29.5 Å². The highest BCUT2D eigenvalue weighted by Gasteiger charge is 2.23. The zero-order valence-corrected chi connectivity index (χ0v) is 20.1. The van der Waals surface area contributed by atoms with Gasteiger partial charge in [-0.15, -0.1) is 24.0 Å². The van der Waals surface area contributed by atoms with Gasteiger partial charge in [-0.3, -0.25) is 4.99 Å². The zero-order chi connectivity index (χ0) is 19.1. The molecule has 2 N–H and O–H groups in total. The molecule has 26 heavy (non-hydrogen) atoms. The van der Waals surface area contributed by atoms with Crippen molar-refractivity contribution in [1.29, 1.82) is 0 Å². The number of hydrogen-bond donors (Lipinski definition) is 2. The number of benzene rings is 1. The SMILES string of the molecule is CCNC(=NCC(C)(C)c1ccccc1Cl)NC(C)CCS(C)(=O)=O.I. The third-order valence-electron chi connectivity index (χ3n) is 3.88. The molecular weight excluding hydrogens is 485 g/mol. The molecule has 0 fully saturated rings. The van der Waals surface area contributed by atoms with E-state index < -0.39 is 9.84 Å². The lowest BCUT2D eigenvalue weighted by atomic mass is 9.85. The molecular formula is C18H31ClIN3O2S. The molecule has 0 radical (unpaired) electrons. The maximum absolute atomic E-state index is 11.3. The number of guanidine groups is 1. The highest BCUT2D eigenvalue weighted by atomic mass is 127. The second-order valence-electron chi connectivity index (χ2n) is 7.02. The van der Waals surface area contributed by atoms with Crippen molar-refractivity contribution in [1.82, 2.24) is 10.6 Å². The van der Waals surface area contributed by atoms with Crippen molar-refractivity contribution in [3.63, 3.8) is 0 Å². The molecule has 0 heterocycles. The van der Waals surface area contributed by atoms with Crippen LogP contribution >= 0.6 is 35.6 Å². The van der Waals surface area contributed by atoms with Gasteiger partial charge in [0.2, 0.25) is 0 Å². The fourth-order valence-corrected chi connectivity index (χ4v) is 3.56. The van der Waals surface area contributed by atoms with Crippen molar-refractivity contribution in [2.24, 2.45) is 4.99 Å². The zero-order valence-electron chi connectivity index (χ0n) is 16.2. The van der Waals surface area contributed by atoms with Crippen LogP contribution in [-0.4, -0.2) is 45.5 Å². The first-order valence-corrected chi connectivity index (χ1v) is 11.0. The molecule has 1 rings (SSSR count). The summed E-state index contributed by atoms with van der Waals surface area (Å²) in [5.74, 6) is 0.842. The molecule has 1 atom stereocenters. The van der Waals surface area contributed by atoms with Crippen LogP contribution in [0.4, 0.5) is 0 Å². The van der Waals surface area contributed by atoms with Crippen LogP contribution in [0.25, 0.3) is 0 Å². The maximum Gasteiger partial charge on any atom is 0.191 e. The molecule has 150 valence electrons. The first kappa shape index (κ1) is 25.5. The van der Waals surface area contributed by atoms with Crippen molar-refractivity contribution in [2.75, 3.05) is 25.1 Å². The van der Waals surface area contributed by atoms with Gasteiger partial charge in [-0.05, 0) is 31.9 Å². The van der Waals surface area contributed by atoms with Crippen LogP contribution in [0.1, 0.15) is 39.7 Å². The minimum atomic E-state index is -2.96. The van der Waals surface area contributed by atoms with E-state index in [9.17, 15) is 8.42 Å². The molecule has 1 aromatic rings. The van der Waals surface area contributed by atoms with Gasteiger partial charge in [0.05, 0.1) is 12.3 Å². The van der Waals surface area contributed by atoms with Gasteiger partial charge in [-0.25, -0.2) is 8.42 Å². The molecule has 0 aliphatic carbocycles. The fourth-order valence-electron chi connectivity index (χ4n) is 2.39. The van der Waals surface area contributed by atoms with Gasteiger partial charge in [0.1, 0.15) is 9.84 Å². The third kappa shape index (κ3) is 9.41. The van der Waals surface area contributed by atoms with E-state index in [0.717, 1.165) is 17.1 Å². The standard InChI is InChI=1S/C18H30ClN3O2S.HI/c1-6-20-17(22-14(2)11-12-25(5,23)24)21-13-18(3,4)15-9-7-8-10-16(15)19;/h7-10,14H,6,11-13H2,1-5H3,(H2,20,21,22);1H. The Morgan fingerprint density at radius 2 is 1.92 bits per heavy atom. The van der Waals surface area contributed by atoms with Gasteiger partial charge in [-0.1, -0.05) is 43.6 Å². The lowest BCUT2D eigenvalue weighted by Crippen LogP contribution is -2.43. The average Bonchev–Trinajstić information content (AvgIpc) is 2.50. The van der Waals surface area contributed by atoms with Crippen molar-refractivity contribution < 1.29 is 8.42 Å². The summed E-state index contributed by atoms with van der Waals surface area (Å²) in [6.07, 6.45) is 1.79. The molecule has 0 saturated carbocycles. The van der Waals surface area contributed by atoms with Crippen LogP contribution in [0.2, 0.25) is 5.02 Å². The monoisotopic (exact) mass is 515 g/mol. The Bertz CT molecular complexity index is 693. The number of nitrogens with one attached hydrogen (secondary N) is 2. The highest BCUT2D eigenvalue weighted by Crippen LogP contribution is 2.29. The summed E-state index contributed by atoms with van der Waals surface area (Å²) in [6.45, 7) is 9.46. The number of rotatable bonds is 8. The molecule has 1 unspecified atom stereocenters. The van der Waals surface area contributed by atoms with Crippen LogP contribution in [0.15, 0.2) is 29.3 Å². The van der Waals surface area contributed by atoms with Crippen LogP contribution in [-0.2, 0) is 15.3 Å². The van der Waals surface area contributed by atoms with E-state index in [0.29, 0.717) is 18.9 Å². The third-order valence-corrected chi connectivity index (χ3v) is 5.19. The summed E-state index contributed by atoms with van der Waals surface area (Å²) in [6, 6.07) is 7.81. The van der Waals surface area contributed by atoms with Gasteiger partial charge in [0.15, 0.2) is 5.96 Å². The normalized spacial score (nSPS) is 13.7. The number of nitrogens with zero attached hydrogens (tertiary/aromatic N) is 1. The Hall–Kier alpha value is -0.540. The predicted octanol–water partition coefficient (Wildman–Crippen LogP) is 3.61. The molecule has 0 aliphatic rings. The first-order chi connectivity index (χ1) is 11.5. The average molecular weight is 516 g/mol. The van der Waals surface area contributed by atoms with Gasteiger partial charge in [-0.2, -0.15) is 0 Å². The summed E-state index contributed by atoms with van der Waals surface area (Å²) < 4.78 is 22.6. The van der Waals surface area contributed by atoms with E-state index in [1.54, 1.807) is 0 Å². The minimum Gasteiger partial charge on any atom is -0.357 e. The Kier molecular flexibility index (Phi) is 11.1. The highest BCUT2D eigenvalue weighted by molar-refractivity contribution is 14.0. The Labute approximate surface area is 180 Å². The van der Waals surface area contributed by atoms with Crippen LogP contribution in [0.5, 0.6) is 0 Å². The summed E-state index contributed by atoms with van der Waals surface area (Å²) in [4.78, 5) is 4.67. The smallest absolute Gasteiger partial charge is 0.191 e. The Morgan fingerprint density at radius 1 is 1.31 bits per heavy atom. The topological polar surface area (TPSA) is 70.6 Å². The molecule has 0 bridgehead atoms. The van der Waals surface area contributed by atoms with Crippen molar-refractivity contribution in [2.45, 2.75) is 45.6 Å². The lowest BCUT2D eigenvalue weighted by molar-refractivity contribution is 0.534. The summed E-state index contributed by atoms with van der Waals surface area (Å²) in [5, 5.41) is 7.21. The Balaban J connectivity index is 0.00000625. The number of aliphatic imine (C=N–C) groups is 1. The van der Waals surface area contributed by atoms with Crippen LogP contribution in [0, 0.1) is 0 Å². The summed E-state index contributed by atoms with van der Waals surface area (Å²) >= 11 is 6.32. The van der Waals surface area contributed by atoms with Gasteiger partial charge in [0.25, 0.3) is 0 Å². The van der Waals surface area contributed by atoms with Crippen molar-refractivity contribution in [3.05, 3.63) is 34.9 Å². The molecule has 0 spiro atoms. The van der Waals surface area contributed by atoms with Gasteiger partial charge >= 0.3 is 0 Å². The largest absolute Gasteiger partial charge is 0.357 e. The van der Waals surface area contributed by atoms with E-state index in [4.69, 9.17) is 11.6 Å². The van der Waals surface area contributed by atoms with E-state index in [1.165, 1.54) is 6.26 Å². The quantitative estimate of drug-likeness (QED) is 0.315. The summed E-state index contributed by atoms with van der Waals surface area (Å²) in [7, 11) is -2.96. The van der Waals surface area contributed by atoms with E-state index in [-0.39, 0.29) is 41.2 Å². The first-order valence-electron chi connectivity index (χ1n) is 8.52. The molecule has 0 amide bonds. The van der Waals surface area contributed by atoms with Crippen LogP contribution < -0.4 is 10.6 Å². The van der Waals surface area contributed by atoms with Crippen molar-refractivity contribution in [3.8, 4) is 0 Å². The van der Waals surface area contributed by atoms with Gasteiger partial charge in [0, 0.05) is 29.3 Å². The Morgan fingerprint density at radius 3 is 2.46 bits per heavy atom. The molecule has 5 nitrogen and oxygen atoms in total. The van der Waals surface area contributed by atoms with E-state index >= 15 is 0 Å². The van der Waals surface area contributed by atoms with Crippen LogP contribution in [0.3, 0.4) is 0 Å². The lowest BCUT2D eigenvalue weighted by Gasteiger charge is -2.25. The van der Waals surface area contributed by atoms with Gasteiger partial charge < -0.3 is 10.6 Å². The van der Waals surface area contributed by atoms with Crippen molar-refractivity contribution >= 4 is 51.4 Å². The maximum atomic E-state index is 11.3. The fraction of sp³-hybridized carbons (Fsp3) is 0.611. The number of halogens is 2. The molecule has 8 heteroatoms. The van der Waals surface area contributed by atoms with E-state index in [1.807, 2.05) is 38.1 Å². The second-order valence-corrected chi connectivity index (χ2v) is 9.69. The predicted molar refractivity (Wildman–Crippen MR) is 123 cm³/mol. The minimum absolute atomic E-state index is 0. The molecule has 0 aliphatic heterocycles. The second kappa shape index (κ2) is 11.3.